The Labute approximate surface area is 241 Å². The topological polar surface area (TPSA) is 116 Å². The highest BCUT2D eigenvalue weighted by molar-refractivity contribution is 7.15. The maximum atomic E-state index is 13.4. The fraction of sp³-hybridized carbons (Fsp3) is 0.355. The fourth-order valence-corrected chi connectivity index (χ4v) is 6.88. The van der Waals surface area contributed by atoms with Gasteiger partial charge in [-0.05, 0) is 47.1 Å². The minimum absolute atomic E-state index is 0.0803. The average molecular weight is 573 g/mol. The van der Waals surface area contributed by atoms with Crippen molar-refractivity contribution < 1.29 is 19.8 Å². The van der Waals surface area contributed by atoms with Crippen LogP contribution >= 0.6 is 11.3 Å². The van der Waals surface area contributed by atoms with Crippen LogP contribution in [0.25, 0.3) is 21.3 Å². The molecule has 6 rings (SSSR count). The molecule has 10 heteroatoms. The largest absolute Gasteiger partial charge is 0.465 e. The molecule has 0 spiro atoms. The van der Waals surface area contributed by atoms with Crippen LogP contribution in [0.15, 0.2) is 65.0 Å². The van der Waals surface area contributed by atoms with E-state index >= 15 is 0 Å². The first-order valence-corrected chi connectivity index (χ1v) is 14.7. The molecular formula is C31H32N4O5S. The second-order valence-corrected chi connectivity index (χ2v) is 12.1. The third-order valence-corrected chi connectivity index (χ3v) is 9.42. The number of piperidine rings is 1. The maximum absolute atomic E-state index is 13.4. The van der Waals surface area contributed by atoms with E-state index in [4.69, 9.17) is 0 Å². The van der Waals surface area contributed by atoms with Crippen LogP contribution in [0.2, 0.25) is 0 Å². The van der Waals surface area contributed by atoms with Gasteiger partial charge in [-0.3, -0.25) is 19.1 Å². The Balaban J connectivity index is 1.13. The van der Waals surface area contributed by atoms with Crippen LogP contribution in [0.5, 0.6) is 0 Å². The molecule has 2 aromatic carbocycles. The van der Waals surface area contributed by atoms with Crippen LogP contribution in [0.4, 0.5) is 4.79 Å². The van der Waals surface area contributed by atoms with Crippen LogP contribution in [0.3, 0.4) is 0 Å². The van der Waals surface area contributed by atoms with Crippen molar-refractivity contribution in [2.75, 3.05) is 13.1 Å². The maximum Gasteiger partial charge on any atom is 0.407 e. The van der Waals surface area contributed by atoms with Crippen molar-refractivity contribution in [2.24, 2.45) is 0 Å². The molecule has 1 fully saturated rings. The summed E-state index contributed by atoms with van der Waals surface area (Å²) in [5.74, 6) is 0.198. The van der Waals surface area contributed by atoms with Gasteiger partial charge in [-0.2, -0.15) is 0 Å². The number of fused-ring (bicyclic) bond motifs is 2. The number of benzene rings is 2. The first kappa shape index (κ1) is 27.2. The zero-order chi connectivity index (χ0) is 28.7. The van der Waals surface area contributed by atoms with E-state index < -0.39 is 11.7 Å². The highest BCUT2D eigenvalue weighted by Crippen LogP contribution is 2.35. The molecule has 41 heavy (non-hydrogen) atoms. The quantitative estimate of drug-likeness (QED) is 0.347. The number of aromatic nitrogens is 2. The predicted octanol–water partition coefficient (Wildman–Crippen LogP) is 4.67. The molecule has 4 heterocycles. The number of likely N-dealkylation sites (tertiary alicyclic amines) is 1. The fourth-order valence-electron chi connectivity index (χ4n) is 5.89. The van der Waals surface area contributed by atoms with Gasteiger partial charge in [-0.25, -0.2) is 9.78 Å². The third-order valence-electron chi connectivity index (χ3n) is 8.40. The van der Waals surface area contributed by atoms with Gasteiger partial charge in [0, 0.05) is 38.0 Å². The summed E-state index contributed by atoms with van der Waals surface area (Å²) in [5.41, 5.74) is 3.27. The van der Waals surface area contributed by atoms with Crippen molar-refractivity contribution in [3.05, 3.63) is 87.3 Å². The van der Waals surface area contributed by atoms with Crippen LogP contribution in [-0.4, -0.2) is 60.3 Å². The number of rotatable bonds is 6. The Kier molecular flexibility index (Phi) is 7.13. The molecule has 2 aromatic heterocycles. The van der Waals surface area contributed by atoms with E-state index in [1.165, 1.54) is 27.1 Å². The molecule has 2 aliphatic heterocycles. The summed E-state index contributed by atoms with van der Waals surface area (Å²) in [6, 6.07) is 15.9. The average Bonchev–Trinajstić information content (AvgIpc) is 3.60. The van der Waals surface area contributed by atoms with Gasteiger partial charge in [0.25, 0.3) is 5.56 Å². The van der Waals surface area contributed by atoms with E-state index in [1.54, 1.807) is 5.38 Å². The number of carboxylic acid groups (broad SMARTS) is 1. The molecule has 4 aromatic rings. The first-order valence-electron chi connectivity index (χ1n) is 13.8. The van der Waals surface area contributed by atoms with Crippen molar-refractivity contribution in [2.45, 2.75) is 57.3 Å². The molecular weight excluding hydrogens is 540 g/mol. The third kappa shape index (κ3) is 5.37. The number of thiophene rings is 1. The Morgan fingerprint density at radius 3 is 2.51 bits per heavy atom. The van der Waals surface area contributed by atoms with Crippen molar-refractivity contribution in [1.29, 1.82) is 0 Å². The predicted molar refractivity (Wildman–Crippen MR) is 157 cm³/mol. The van der Waals surface area contributed by atoms with E-state index in [0.29, 0.717) is 56.3 Å². The minimum Gasteiger partial charge on any atom is -0.465 e. The molecule has 1 atom stereocenters. The summed E-state index contributed by atoms with van der Waals surface area (Å²) >= 11 is 1.43. The molecule has 1 saturated heterocycles. The molecule has 0 saturated carbocycles. The zero-order valence-electron chi connectivity index (χ0n) is 22.8. The Hall–Kier alpha value is -4.02. The van der Waals surface area contributed by atoms with E-state index in [0.717, 1.165) is 27.1 Å². The number of carbonyl (C=O) groups is 2. The standard InChI is InChI=1S/C31H32N4O5S/c1-20(21-5-3-2-4-6-21)13-26(36)33-11-9-31(40,10-12-33)18-35-19-32-27-25(29(35)37)17-41-28(27)22-7-8-23-15-34(30(38)39)16-24(23)14-22/h2-8,14,17,19-20,40H,9-13,15-16,18H2,1H3,(H,38,39). The smallest absolute Gasteiger partial charge is 0.407 e. The summed E-state index contributed by atoms with van der Waals surface area (Å²) in [5, 5.41) is 23.0. The molecule has 1 unspecified atom stereocenters. The molecule has 2 N–H and O–H groups in total. The number of aliphatic hydroxyl groups is 1. The molecule has 0 aliphatic carbocycles. The van der Waals surface area contributed by atoms with Crippen LogP contribution in [-0.2, 0) is 24.4 Å². The van der Waals surface area contributed by atoms with E-state index in [9.17, 15) is 24.6 Å². The van der Waals surface area contributed by atoms with Crippen molar-refractivity contribution in [3.63, 3.8) is 0 Å². The van der Waals surface area contributed by atoms with Crippen molar-refractivity contribution in [3.8, 4) is 10.4 Å². The van der Waals surface area contributed by atoms with Crippen LogP contribution in [0.1, 0.15) is 48.8 Å². The number of nitrogens with zero attached hydrogens (tertiary/aromatic N) is 4. The Morgan fingerprint density at radius 2 is 1.78 bits per heavy atom. The number of carbonyl (C=O) groups excluding carboxylic acids is 1. The van der Waals surface area contributed by atoms with E-state index in [-0.39, 0.29) is 23.9 Å². The monoisotopic (exact) mass is 572 g/mol. The lowest BCUT2D eigenvalue weighted by Gasteiger charge is -2.38. The molecule has 0 bridgehead atoms. The minimum atomic E-state index is -1.10. The second kappa shape index (κ2) is 10.8. The Morgan fingerprint density at radius 1 is 1.05 bits per heavy atom. The van der Waals surface area contributed by atoms with Crippen molar-refractivity contribution in [1.82, 2.24) is 19.4 Å². The Bertz CT molecular complexity index is 1670. The molecule has 0 radical (unpaired) electrons. The highest BCUT2D eigenvalue weighted by atomic mass is 32.1. The lowest BCUT2D eigenvalue weighted by atomic mass is 9.90. The zero-order valence-corrected chi connectivity index (χ0v) is 23.6. The first-order chi connectivity index (χ1) is 19.7. The lowest BCUT2D eigenvalue weighted by Crippen LogP contribution is -2.49. The summed E-state index contributed by atoms with van der Waals surface area (Å²) in [7, 11) is 0. The molecule has 2 aliphatic rings. The van der Waals surface area contributed by atoms with Gasteiger partial charge in [0.15, 0.2) is 0 Å². The molecule has 2 amide bonds. The summed E-state index contributed by atoms with van der Waals surface area (Å²) < 4.78 is 1.47. The summed E-state index contributed by atoms with van der Waals surface area (Å²) in [6.07, 6.45) is 1.76. The molecule has 9 nitrogen and oxygen atoms in total. The van der Waals surface area contributed by atoms with Gasteiger partial charge in [0.1, 0.15) is 0 Å². The van der Waals surface area contributed by atoms with Crippen LogP contribution in [0, 0.1) is 0 Å². The summed E-state index contributed by atoms with van der Waals surface area (Å²) in [4.78, 5) is 46.4. The normalized spacial score (nSPS) is 17.0. The second-order valence-electron chi connectivity index (χ2n) is 11.2. The van der Waals surface area contributed by atoms with Gasteiger partial charge in [0.05, 0.1) is 34.3 Å². The van der Waals surface area contributed by atoms with E-state index in [1.807, 2.05) is 53.4 Å². The number of hydrogen-bond acceptors (Lipinski definition) is 6. The van der Waals surface area contributed by atoms with Crippen molar-refractivity contribution >= 4 is 34.2 Å². The lowest BCUT2D eigenvalue weighted by molar-refractivity contribution is -0.136. The van der Waals surface area contributed by atoms with Gasteiger partial charge in [-0.15, -0.1) is 11.3 Å². The summed E-state index contributed by atoms with van der Waals surface area (Å²) in [6.45, 7) is 3.78. The highest BCUT2D eigenvalue weighted by Gasteiger charge is 2.35. The van der Waals surface area contributed by atoms with Crippen LogP contribution < -0.4 is 5.56 Å². The SMILES string of the molecule is CC(CC(=O)N1CCC(O)(Cn2cnc3c(-c4ccc5c(c4)CN(C(=O)O)C5)scc3c2=O)CC1)c1ccccc1. The van der Waals surface area contributed by atoms with Gasteiger partial charge in [0.2, 0.25) is 5.91 Å². The van der Waals surface area contributed by atoms with Gasteiger partial charge < -0.3 is 15.1 Å². The molecule has 212 valence electrons. The number of hydrogen-bond donors (Lipinski definition) is 2. The van der Waals surface area contributed by atoms with Gasteiger partial charge in [-0.1, -0.05) is 49.4 Å². The van der Waals surface area contributed by atoms with Gasteiger partial charge >= 0.3 is 6.09 Å². The number of amides is 2. The van der Waals surface area contributed by atoms with E-state index in [2.05, 4.69) is 11.9 Å².